The van der Waals surface area contributed by atoms with Gasteiger partial charge < -0.3 is 11.1 Å². The average molecular weight is 259 g/mol. The van der Waals surface area contributed by atoms with E-state index in [1.165, 1.54) is 23.3 Å². The summed E-state index contributed by atoms with van der Waals surface area (Å²) >= 11 is 1.86. The zero-order valence-electron chi connectivity index (χ0n) is 10.4. The van der Waals surface area contributed by atoms with E-state index in [9.17, 15) is 0 Å². The van der Waals surface area contributed by atoms with E-state index in [1.54, 1.807) is 0 Å². The van der Waals surface area contributed by atoms with Gasteiger partial charge in [-0.05, 0) is 55.3 Å². The molecule has 0 bridgehead atoms. The average Bonchev–Trinajstić information content (AvgIpc) is 2.83. The third-order valence-corrected chi connectivity index (χ3v) is 4.43. The van der Waals surface area contributed by atoms with Crippen LogP contribution in [0.2, 0.25) is 0 Å². The summed E-state index contributed by atoms with van der Waals surface area (Å²) in [5.74, 6) is 0.819. The molecule has 0 aromatic carbocycles. The lowest BCUT2D eigenvalue weighted by Gasteiger charge is -2.24. The van der Waals surface area contributed by atoms with E-state index in [-0.39, 0.29) is 0 Å². The quantitative estimate of drug-likeness (QED) is 0.867. The Hall–Kier alpha value is -1.55. The van der Waals surface area contributed by atoms with Gasteiger partial charge in [-0.3, -0.25) is 0 Å². The summed E-state index contributed by atoms with van der Waals surface area (Å²) in [6, 6.07) is 6.44. The number of pyridine rings is 1. The van der Waals surface area contributed by atoms with Gasteiger partial charge >= 0.3 is 0 Å². The molecular weight excluding hydrogens is 242 g/mol. The summed E-state index contributed by atoms with van der Waals surface area (Å²) in [6.45, 7) is 1.99. The molecule has 1 unspecified atom stereocenters. The zero-order valence-corrected chi connectivity index (χ0v) is 11.3. The number of hydrogen-bond acceptors (Lipinski definition) is 4. The highest BCUT2D eigenvalue weighted by Crippen LogP contribution is 2.36. The Morgan fingerprint density at radius 2 is 2.28 bits per heavy atom. The fourth-order valence-corrected chi connectivity index (χ4v) is 3.47. The van der Waals surface area contributed by atoms with Crippen LogP contribution < -0.4 is 11.1 Å². The normalized spacial score (nSPS) is 18.4. The largest absolute Gasteiger partial charge is 0.396 e. The van der Waals surface area contributed by atoms with Gasteiger partial charge in [0.2, 0.25) is 0 Å². The van der Waals surface area contributed by atoms with Crippen molar-refractivity contribution in [2.45, 2.75) is 32.2 Å². The van der Waals surface area contributed by atoms with Gasteiger partial charge in [-0.2, -0.15) is 0 Å². The number of nitrogen functional groups attached to an aromatic ring is 1. The van der Waals surface area contributed by atoms with Gasteiger partial charge in [0.05, 0.1) is 11.7 Å². The van der Waals surface area contributed by atoms with Gasteiger partial charge in [0.25, 0.3) is 0 Å². The number of anilines is 2. The standard InChI is InChI=1S/C14H17N3S/c1-9-5-6-11(15)14(16-9)17-12-3-2-4-13-10(12)7-8-18-13/h5-8,12H,2-4,15H2,1H3,(H,16,17). The van der Waals surface area contributed by atoms with E-state index in [2.05, 4.69) is 21.7 Å². The van der Waals surface area contributed by atoms with E-state index in [4.69, 9.17) is 5.73 Å². The highest BCUT2D eigenvalue weighted by atomic mass is 32.1. The van der Waals surface area contributed by atoms with Crippen LogP contribution >= 0.6 is 11.3 Å². The van der Waals surface area contributed by atoms with Crippen LogP contribution in [0, 0.1) is 6.92 Å². The molecule has 0 spiro atoms. The minimum atomic E-state index is 0.358. The molecule has 1 aliphatic rings. The zero-order chi connectivity index (χ0) is 12.5. The van der Waals surface area contributed by atoms with Gasteiger partial charge in [-0.25, -0.2) is 4.98 Å². The van der Waals surface area contributed by atoms with Gasteiger partial charge in [0, 0.05) is 10.6 Å². The van der Waals surface area contributed by atoms with E-state index in [1.807, 2.05) is 30.4 Å². The maximum absolute atomic E-state index is 5.98. The molecule has 0 amide bonds. The molecular formula is C14H17N3S. The highest BCUT2D eigenvalue weighted by Gasteiger charge is 2.21. The van der Waals surface area contributed by atoms with Crippen molar-refractivity contribution in [3.05, 3.63) is 39.7 Å². The highest BCUT2D eigenvalue weighted by molar-refractivity contribution is 7.10. The van der Waals surface area contributed by atoms with Gasteiger partial charge in [-0.15, -0.1) is 11.3 Å². The van der Waals surface area contributed by atoms with E-state index < -0.39 is 0 Å². The molecule has 4 heteroatoms. The Balaban J connectivity index is 1.88. The second-order valence-electron chi connectivity index (χ2n) is 4.78. The van der Waals surface area contributed by atoms with Gasteiger partial charge in [0.1, 0.15) is 5.82 Å². The molecule has 0 radical (unpaired) electrons. The predicted molar refractivity (Wildman–Crippen MR) is 77.0 cm³/mol. The first kappa shape index (κ1) is 11.5. The number of aryl methyl sites for hydroxylation is 2. The van der Waals surface area contributed by atoms with Crippen molar-refractivity contribution in [2.75, 3.05) is 11.1 Å². The third kappa shape index (κ3) is 2.08. The number of rotatable bonds is 2. The Bertz CT molecular complexity index is 562. The van der Waals surface area contributed by atoms with Crippen LogP contribution in [0.3, 0.4) is 0 Å². The van der Waals surface area contributed by atoms with Crippen molar-refractivity contribution in [3.8, 4) is 0 Å². The molecule has 2 aromatic rings. The molecule has 3 N–H and O–H groups in total. The van der Waals surface area contributed by atoms with E-state index in [0.717, 1.165) is 23.6 Å². The lowest BCUT2D eigenvalue weighted by atomic mass is 9.94. The smallest absolute Gasteiger partial charge is 0.149 e. The Morgan fingerprint density at radius 1 is 1.39 bits per heavy atom. The molecule has 18 heavy (non-hydrogen) atoms. The molecule has 1 atom stereocenters. The van der Waals surface area contributed by atoms with Gasteiger partial charge in [0.15, 0.2) is 0 Å². The number of thiophene rings is 1. The first-order valence-corrected chi connectivity index (χ1v) is 7.18. The van der Waals surface area contributed by atoms with Crippen LogP contribution in [0.5, 0.6) is 0 Å². The fraction of sp³-hybridized carbons (Fsp3) is 0.357. The summed E-state index contributed by atoms with van der Waals surface area (Å²) < 4.78 is 0. The molecule has 2 heterocycles. The molecule has 0 aliphatic heterocycles. The minimum Gasteiger partial charge on any atom is -0.396 e. The number of hydrogen-bond donors (Lipinski definition) is 2. The van der Waals surface area contributed by atoms with Crippen LogP contribution in [0.4, 0.5) is 11.5 Å². The van der Waals surface area contributed by atoms with Crippen LogP contribution in [-0.2, 0) is 6.42 Å². The van der Waals surface area contributed by atoms with Gasteiger partial charge in [-0.1, -0.05) is 0 Å². The Kier molecular flexibility index (Phi) is 2.96. The monoisotopic (exact) mass is 259 g/mol. The van der Waals surface area contributed by atoms with Crippen LogP contribution in [-0.4, -0.2) is 4.98 Å². The molecule has 0 saturated heterocycles. The summed E-state index contributed by atoms with van der Waals surface area (Å²) in [7, 11) is 0. The molecule has 3 rings (SSSR count). The van der Waals surface area contributed by atoms with E-state index >= 15 is 0 Å². The number of nitrogens with two attached hydrogens (primary N) is 1. The summed E-state index contributed by atoms with van der Waals surface area (Å²) in [5, 5.41) is 5.68. The van der Waals surface area contributed by atoms with Crippen molar-refractivity contribution in [1.82, 2.24) is 4.98 Å². The van der Waals surface area contributed by atoms with Crippen molar-refractivity contribution >= 4 is 22.8 Å². The lowest BCUT2D eigenvalue weighted by molar-refractivity contribution is 0.607. The maximum atomic E-state index is 5.98. The minimum absolute atomic E-state index is 0.358. The lowest BCUT2D eigenvalue weighted by Crippen LogP contribution is -2.17. The summed E-state index contributed by atoms with van der Waals surface area (Å²) in [6.07, 6.45) is 3.59. The molecule has 0 fully saturated rings. The van der Waals surface area contributed by atoms with E-state index in [0.29, 0.717) is 6.04 Å². The van der Waals surface area contributed by atoms with Crippen LogP contribution in [0.15, 0.2) is 23.6 Å². The first-order valence-electron chi connectivity index (χ1n) is 6.30. The number of nitrogens with zero attached hydrogens (tertiary/aromatic N) is 1. The molecule has 1 aliphatic carbocycles. The SMILES string of the molecule is Cc1ccc(N)c(NC2CCCc3sccc32)n1. The molecule has 2 aromatic heterocycles. The number of fused-ring (bicyclic) bond motifs is 1. The Labute approximate surface area is 111 Å². The second-order valence-corrected chi connectivity index (χ2v) is 5.78. The van der Waals surface area contributed by atoms with Crippen molar-refractivity contribution in [1.29, 1.82) is 0 Å². The van der Waals surface area contributed by atoms with Crippen molar-refractivity contribution in [2.24, 2.45) is 0 Å². The van der Waals surface area contributed by atoms with Crippen LogP contribution in [0.25, 0.3) is 0 Å². The number of aromatic nitrogens is 1. The second kappa shape index (κ2) is 4.61. The summed E-state index contributed by atoms with van der Waals surface area (Å²) in [4.78, 5) is 6.00. The summed E-state index contributed by atoms with van der Waals surface area (Å²) in [5.41, 5.74) is 9.12. The van der Waals surface area contributed by atoms with Crippen LogP contribution in [0.1, 0.15) is 35.0 Å². The van der Waals surface area contributed by atoms with Crippen molar-refractivity contribution in [3.63, 3.8) is 0 Å². The molecule has 94 valence electrons. The third-order valence-electron chi connectivity index (χ3n) is 3.43. The number of nitrogens with one attached hydrogen (secondary N) is 1. The first-order chi connectivity index (χ1) is 8.74. The fourth-order valence-electron chi connectivity index (χ4n) is 2.48. The van der Waals surface area contributed by atoms with Crippen molar-refractivity contribution < 1.29 is 0 Å². The Morgan fingerprint density at radius 3 is 3.17 bits per heavy atom. The molecule has 0 saturated carbocycles. The topological polar surface area (TPSA) is 50.9 Å². The maximum Gasteiger partial charge on any atom is 0.149 e. The predicted octanol–water partition coefficient (Wildman–Crippen LogP) is 3.52. The molecule has 3 nitrogen and oxygen atoms in total.